The van der Waals surface area contributed by atoms with Crippen LogP contribution in [0.2, 0.25) is 5.02 Å². The van der Waals surface area contributed by atoms with Gasteiger partial charge in [-0.3, -0.25) is 4.79 Å². The van der Waals surface area contributed by atoms with Crippen molar-refractivity contribution in [3.05, 3.63) is 64.0 Å². The number of hydrogen-bond acceptors (Lipinski definition) is 4. The Morgan fingerprint density at radius 2 is 2.00 bits per heavy atom. The topological polar surface area (TPSA) is 67.5 Å². The van der Waals surface area contributed by atoms with Crippen molar-refractivity contribution in [1.29, 1.82) is 0 Å². The Bertz CT molecular complexity index is 917. The van der Waals surface area contributed by atoms with Crippen LogP contribution < -0.4 is 11.2 Å². The molecule has 3 N–H and O–H groups in total. The zero-order chi connectivity index (χ0) is 16.4. The van der Waals surface area contributed by atoms with Crippen molar-refractivity contribution in [1.82, 2.24) is 5.43 Å². The van der Waals surface area contributed by atoms with E-state index >= 15 is 0 Å². The van der Waals surface area contributed by atoms with Crippen molar-refractivity contribution in [3.8, 4) is 0 Å². The summed E-state index contributed by atoms with van der Waals surface area (Å²) in [6.45, 7) is 1.81. The molecule has 1 heterocycles. The molecule has 6 heteroatoms. The summed E-state index contributed by atoms with van der Waals surface area (Å²) in [6.07, 6.45) is 0. The number of thiophene rings is 1. The largest absolute Gasteiger partial charge is 0.399 e. The van der Waals surface area contributed by atoms with Crippen LogP contribution in [0.3, 0.4) is 0 Å². The van der Waals surface area contributed by atoms with Gasteiger partial charge in [0.2, 0.25) is 0 Å². The minimum atomic E-state index is -0.320. The van der Waals surface area contributed by atoms with Crippen LogP contribution in [0.1, 0.15) is 22.2 Å². The molecule has 0 aliphatic heterocycles. The fourth-order valence-electron chi connectivity index (χ4n) is 2.17. The van der Waals surface area contributed by atoms with Crippen molar-refractivity contribution < 1.29 is 4.79 Å². The lowest BCUT2D eigenvalue weighted by molar-refractivity contribution is 0.0959. The maximum absolute atomic E-state index is 12.3. The SMILES string of the molecule is C/C(=N/NC(=O)c1sc2ccccc2c1Cl)c1cccc(N)c1. The van der Waals surface area contributed by atoms with Crippen molar-refractivity contribution >= 4 is 50.3 Å². The second-order valence-corrected chi connectivity index (χ2v) is 6.44. The highest BCUT2D eigenvalue weighted by molar-refractivity contribution is 7.21. The maximum Gasteiger partial charge on any atom is 0.283 e. The standard InChI is InChI=1S/C17H14ClN3OS/c1-10(11-5-4-6-12(19)9-11)20-21-17(22)16-15(18)13-7-2-3-8-14(13)23-16/h2-9H,19H2,1H3,(H,21,22)/b20-10-. The molecule has 116 valence electrons. The van der Waals surface area contributed by atoms with Gasteiger partial charge < -0.3 is 5.73 Å². The molecule has 3 rings (SSSR count). The summed E-state index contributed by atoms with van der Waals surface area (Å²) >= 11 is 7.64. The fourth-order valence-corrected chi connectivity index (χ4v) is 3.58. The lowest BCUT2D eigenvalue weighted by Gasteiger charge is -2.03. The van der Waals surface area contributed by atoms with Crippen LogP contribution in [0.15, 0.2) is 53.6 Å². The van der Waals surface area contributed by atoms with E-state index in [1.165, 1.54) is 11.3 Å². The van der Waals surface area contributed by atoms with Gasteiger partial charge in [-0.2, -0.15) is 5.10 Å². The first-order chi connectivity index (χ1) is 11.1. The van der Waals surface area contributed by atoms with Crippen molar-refractivity contribution in [3.63, 3.8) is 0 Å². The van der Waals surface area contributed by atoms with Gasteiger partial charge in [0, 0.05) is 15.8 Å². The maximum atomic E-state index is 12.3. The van der Waals surface area contributed by atoms with E-state index in [1.54, 1.807) is 12.1 Å². The van der Waals surface area contributed by atoms with Gasteiger partial charge in [-0.1, -0.05) is 41.9 Å². The summed E-state index contributed by atoms with van der Waals surface area (Å²) in [5, 5.41) is 5.47. The first-order valence-corrected chi connectivity index (χ1v) is 8.13. The molecule has 0 bridgehead atoms. The van der Waals surface area contributed by atoms with Crippen LogP contribution in [0.25, 0.3) is 10.1 Å². The van der Waals surface area contributed by atoms with Crippen LogP contribution in [-0.2, 0) is 0 Å². The van der Waals surface area contributed by atoms with Crippen LogP contribution in [-0.4, -0.2) is 11.6 Å². The molecule has 0 aliphatic rings. The number of nitrogens with one attached hydrogen (secondary N) is 1. The number of benzene rings is 2. The van der Waals surface area contributed by atoms with E-state index in [0.29, 0.717) is 21.3 Å². The summed E-state index contributed by atoms with van der Waals surface area (Å²) in [4.78, 5) is 12.8. The van der Waals surface area contributed by atoms with Crippen LogP contribution in [0.4, 0.5) is 5.69 Å². The minimum absolute atomic E-state index is 0.320. The molecule has 1 amide bonds. The number of carbonyl (C=O) groups excluding carboxylic acids is 1. The number of fused-ring (bicyclic) bond motifs is 1. The highest BCUT2D eigenvalue weighted by atomic mass is 35.5. The Hall–Kier alpha value is -2.37. The summed E-state index contributed by atoms with van der Waals surface area (Å²) in [5.74, 6) is -0.320. The average Bonchev–Trinajstić information content (AvgIpc) is 2.90. The van der Waals surface area contributed by atoms with Gasteiger partial charge in [0.1, 0.15) is 4.88 Å². The number of nitrogen functional groups attached to an aromatic ring is 1. The fraction of sp³-hybridized carbons (Fsp3) is 0.0588. The van der Waals surface area contributed by atoms with E-state index in [4.69, 9.17) is 17.3 Å². The second-order valence-electron chi connectivity index (χ2n) is 5.00. The lowest BCUT2D eigenvalue weighted by atomic mass is 10.1. The number of rotatable bonds is 3. The number of anilines is 1. The highest BCUT2D eigenvalue weighted by Gasteiger charge is 2.16. The molecule has 3 aromatic rings. The Morgan fingerprint density at radius 3 is 2.74 bits per heavy atom. The van der Waals surface area contributed by atoms with Gasteiger partial charge in [0.15, 0.2) is 0 Å². The Morgan fingerprint density at radius 1 is 1.22 bits per heavy atom. The molecule has 0 fully saturated rings. The van der Waals surface area contributed by atoms with E-state index in [2.05, 4.69) is 10.5 Å². The Labute approximate surface area is 142 Å². The van der Waals surface area contributed by atoms with Gasteiger partial charge in [0.25, 0.3) is 5.91 Å². The number of nitrogens with zero attached hydrogens (tertiary/aromatic N) is 1. The molecule has 4 nitrogen and oxygen atoms in total. The molecular weight excluding hydrogens is 330 g/mol. The molecule has 0 unspecified atom stereocenters. The molecule has 23 heavy (non-hydrogen) atoms. The van der Waals surface area contributed by atoms with Crippen LogP contribution >= 0.6 is 22.9 Å². The molecule has 0 spiro atoms. The van der Waals surface area contributed by atoms with Crippen molar-refractivity contribution in [2.45, 2.75) is 6.92 Å². The third kappa shape index (κ3) is 3.21. The van der Waals surface area contributed by atoms with Gasteiger partial charge >= 0.3 is 0 Å². The predicted molar refractivity (Wildman–Crippen MR) is 97.4 cm³/mol. The van der Waals surface area contributed by atoms with Gasteiger partial charge in [-0.25, -0.2) is 5.43 Å². The second kappa shape index (κ2) is 6.40. The van der Waals surface area contributed by atoms with E-state index in [-0.39, 0.29) is 5.91 Å². The number of hydrazone groups is 1. The first kappa shape index (κ1) is 15.5. The van der Waals surface area contributed by atoms with E-state index in [0.717, 1.165) is 15.6 Å². The molecular formula is C17H14ClN3OS. The van der Waals surface area contributed by atoms with Gasteiger partial charge in [0.05, 0.1) is 10.7 Å². The molecule has 1 aromatic heterocycles. The molecule has 0 atom stereocenters. The number of halogens is 1. The molecule has 2 aromatic carbocycles. The van der Waals surface area contributed by atoms with Crippen LogP contribution in [0.5, 0.6) is 0 Å². The Balaban J connectivity index is 1.83. The minimum Gasteiger partial charge on any atom is -0.399 e. The monoisotopic (exact) mass is 343 g/mol. The smallest absolute Gasteiger partial charge is 0.283 e. The predicted octanol–water partition coefficient (Wildman–Crippen LogP) is 4.29. The van der Waals surface area contributed by atoms with Crippen molar-refractivity contribution in [2.24, 2.45) is 5.10 Å². The first-order valence-electron chi connectivity index (χ1n) is 6.94. The number of amides is 1. The lowest BCUT2D eigenvalue weighted by Crippen LogP contribution is -2.18. The summed E-state index contributed by atoms with van der Waals surface area (Å²) in [6, 6.07) is 15.0. The highest BCUT2D eigenvalue weighted by Crippen LogP contribution is 2.34. The van der Waals surface area contributed by atoms with Gasteiger partial charge in [-0.15, -0.1) is 11.3 Å². The van der Waals surface area contributed by atoms with E-state index in [1.807, 2.05) is 43.3 Å². The quantitative estimate of drug-likeness (QED) is 0.423. The number of carbonyl (C=O) groups is 1. The normalized spacial score (nSPS) is 11.7. The summed E-state index contributed by atoms with van der Waals surface area (Å²) in [7, 11) is 0. The third-order valence-electron chi connectivity index (χ3n) is 3.37. The molecule has 0 saturated heterocycles. The van der Waals surface area contributed by atoms with E-state index < -0.39 is 0 Å². The van der Waals surface area contributed by atoms with E-state index in [9.17, 15) is 4.79 Å². The van der Waals surface area contributed by atoms with Gasteiger partial charge in [-0.05, 0) is 30.7 Å². The molecule has 0 radical (unpaired) electrons. The average molecular weight is 344 g/mol. The molecule has 0 saturated carbocycles. The van der Waals surface area contributed by atoms with Crippen molar-refractivity contribution in [2.75, 3.05) is 5.73 Å². The third-order valence-corrected chi connectivity index (χ3v) is 5.04. The zero-order valence-electron chi connectivity index (χ0n) is 12.3. The Kier molecular flexibility index (Phi) is 4.32. The molecule has 0 aliphatic carbocycles. The number of nitrogens with two attached hydrogens (primary N) is 1. The summed E-state index contributed by atoms with van der Waals surface area (Å²) in [5.41, 5.74) is 10.5. The zero-order valence-corrected chi connectivity index (χ0v) is 13.9. The van der Waals surface area contributed by atoms with Crippen LogP contribution in [0, 0.1) is 0 Å². The number of hydrogen-bond donors (Lipinski definition) is 2. The summed E-state index contributed by atoms with van der Waals surface area (Å²) < 4.78 is 0.971.